The SMILES string of the molecule is O=C(O)CC1(Nc2ccccc2-c2ccccc2)CNC1. The number of nitrogens with one attached hydrogen (secondary N) is 2. The molecular formula is C17H18N2O2. The maximum atomic E-state index is 11.1. The Morgan fingerprint density at radius 3 is 2.38 bits per heavy atom. The van der Waals surface area contributed by atoms with Crippen molar-refractivity contribution >= 4 is 11.7 Å². The topological polar surface area (TPSA) is 61.4 Å². The van der Waals surface area contributed by atoms with Gasteiger partial charge in [-0.1, -0.05) is 48.5 Å². The van der Waals surface area contributed by atoms with Crippen molar-refractivity contribution in [1.82, 2.24) is 5.32 Å². The number of carbonyl (C=O) groups is 1. The molecule has 1 aliphatic heterocycles. The van der Waals surface area contributed by atoms with Crippen LogP contribution in [-0.2, 0) is 4.79 Å². The second-order valence-electron chi connectivity index (χ2n) is 5.49. The van der Waals surface area contributed by atoms with Crippen LogP contribution in [0.5, 0.6) is 0 Å². The molecule has 0 bridgehead atoms. The molecule has 108 valence electrons. The summed E-state index contributed by atoms with van der Waals surface area (Å²) in [6, 6.07) is 18.1. The molecule has 1 aliphatic rings. The Hall–Kier alpha value is -2.33. The number of hydrogen-bond donors (Lipinski definition) is 3. The fourth-order valence-electron chi connectivity index (χ4n) is 2.72. The first-order chi connectivity index (χ1) is 10.2. The van der Waals surface area contributed by atoms with Crippen molar-refractivity contribution in [2.75, 3.05) is 18.4 Å². The maximum absolute atomic E-state index is 11.1. The molecule has 0 aromatic heterocycles. The van der Waals surface area contributed by atoms with Crippen LogP contribution in [0, 0.1) is 0 Å². The molecule has 1 saturated heterocycles. The quantitative estimate of drug-likeness (QED) is 0.789. The predicted molar refractivity (Wildman–Crippen MR) is 83.4 cm³/mol. The van der Waals surface area contributed by atoms with Gasteiger partial charge in [0.05, 0.1) is 12.0 Å². The highest BCUT2D eigenvalue weighted by Crippen LogP contribution is 2.31. The summed E-state index contributed by atoms with van der Waals surface area (Å²) in [5, 5.41) is 15.7. The molecule has 0 aliphatic carbocycles. The van der Waals surface area contributed by atoms with Crippen LogP contribution >= 0.6 is 0 Å². The Morgan fingerprint density at radius 1 is 1.10 bits per heavy atom. The van der Waals surface area contributed by atoms with Crippen LogP contribution in [0.15, 0.2) is 54.6 Å². The van der Waals surface area contributed by atoms with E-state index in [9.17, 15) is 4.79 Å². The molecule has 0 amide bonds. The summed E-state index contributed by atoms with van der Waals surface area (Å²) < 4.78 is 0. The lowest BCUT2D eigenvalue weighted by Crippen LogP contribution is -2.65. The first kappa shape index (κ1) is 13.6. The molecule has 0 spiro atoms. The summed E-state index contributed by atoms with van der Waals surface area (Å²) in [6.45, 7) is 1.34. The first-order valence-electron chi connectivity index (χ1n) is 7.04. The van der Waals surface area contributed by atoms with Crippen LogP contribution in [0.1, 0.15) is 6.42 Å². The molecule has 0 unspecified atom stereocenters. The van der Waals surface area contributed by atoms with Gasteiger partial charge in [0.25, 0.3) is 0 Å². The van der Waals surface area contributed by atoms with Gasteiger partial charge >= 0.3 is 5.97 Å². The molecule has 2 aromatic rings. The number of benzene rings is 2. The van der Waals surface area contributed by atoms with Crippen molar-refractivity contribution in [3.05, 3.63) is 54.6 Å². The number of para-hydroxylation sites is 1. The van der Waals surface area contributed by atoms with E-state index in [1.807, 2.05) is 36.4 Å². The molecule has 4 nitrogen and oxygen atoms in total. The normalized spacial score (nSPS) is 16.0. The monoisotopic (exact) mass is 282 g/mol. The Balaban J connectivity index is 1.91. The van der Waals surface area contributed by atoms with E-state index in [2.05, 4.69) is 28.8 Å². The fraction of sp³-hybridized carbons (Fsp3) is 0.235. The summed E-state index contributed by atoms with van der Waals surface area (Å²) in [5.74, 6) is -0.777. The van der Waals surface area contributed by atoms with Crippen LogP contribution in [0.3, 0.4) is 0 Å². The Labute approximate surface area is 123 Å². The van der Waals surface area contributed by atoms with Crippen LogP contribution in [-0.4, -0.2) is 29.7 Å². The van der Waals surface area contributed by atoms with Crippen molar-refractivity contribution in [3.8, 4) is 11.1 Å². The van der Waals surface area contributed by atoms with E-state index >= 15 is 0 Å². The van der Waals surface area contributed by atoms with Crippen molar-refractivity contribution in [3.63, 3.8) is 0 Å². The van der Waals surface area contributed by atoms with Gasteiger partial charge in [0.2, 0.25) is 0 Å². The highest BCUT2D eigenvalue weighted by Gasteiger charge is 2.39. The Bertz CT molecular complexity index is 636. The summed E-state index contributed by atoms with van der Waals surface area (Å²) in [7, 11) is 0. The minimum absolute atomic E-state index is 0.114. The van der Waals surface area contributed by atoms with E-state index in [4.69, 9.17) is 5.11 Å². The van der Waals surface area contributed by atoms with E-state index in [1.54, 1.807) is 0 Å². The zero-order valence-electron chi connectivity index (χ0n) is 11.7. The third-order valence-electron chi connectivity index (χ3n) is 3.83. The summed E-state index contributed by atoms with van der Waals surface area (Å²) in [6.07, 6.45) is 0.114. The lowest BCUT2D eigenvalue weighted by molar-refractivity contribution is -0.138. The molecule has 0 radical (unpaired) electrons. The lowest BCUT2D eigenvalue weighted by atomic mass is 9.87. The molecular weight excluding hydrogens is 264 g/mol. The van der Waals surface area contributed by atoms with E-state index in [-0.39, 0.29) is 6.42 Å². The first-order valence-corrected chi connectivity index (χ1v) is 7.04. The van der Waals surface area contributed by atoms with Gasteiger partial charge in [-0.25, -0.2) is 0 Å². The third kappa shape index (κ3) is 2.90. The van der Waals surface area contributed by atoms with Crippen LogP contribution in [0.2, 0.25) is 0 Å². The van der Waals surface area contributed by atoms with E-state index in [0.29, 0.717) is 13.1 Å². The van der Waals surface area contributed by atoms with Crippen molar-refractivity contribution in [2.45, 2.75) is 12.0 Å². The van der Waals surface area contributed by atoms with Gasteiger partial charge in [0.15, 0.2) is 0 Å². The average Bonchev–Trinajstić information content (AvgIpc) is 2.46. The Kier molecular flexibility index (Phi) is 3.62. The number of carboxylic acid groups (broad SMARTS) is 1. The second-order valence-corrected chi connectivity index (χ2v) is 5.49. The standard InChI is InChI=1S/C17H18N2O2/c20-16(21)10-17(11-18-12-17)19-15-9-5-4-8-14(15)13-6-2-1-3-7-13/h1-9,18-19H,10-12H2,(H,20,21). The van der Waals surface area contributed by atoms with E-state index in [1.165, 1.54) is 0 Å². The highest BCUT2D eigenvalue weighted by atomic mass is 16.4. The minimum Gasteiger partial charge on any atom is -0.481 e. The lowest BCUT2D eigenvalue weighted by Gasteiger charge is -2.43. The number of anilines is 1. The smallest absolute Gasteiger partial charge is 0.305 e. The maximum Gasteiger partial charge on any atom is 0.305 e. The van der Waals surface area contributed by atoms with Gasteiger partial charge in [0.1, 0.15) is 0 Å². The molecule has 0 atom stereocenters. The zero-order valence-corrected chi connectivity index (χ0v) is 11.7. The number of hydrogen-bond acceptors (Lipinski definition) is 3. The number of aliphatic carboxylic acids is 1. The number of carboxylic acids is 1. The largest absolute Gasteiger partial charge is 0.481 e. The highest BCUT2D eigenvalue weighted by molar-refractivity contribution is 5.79. The van der Waals surface area contributed by atoms with Gasteiger partial charge in [-0.2, -0.15) is 0 Å². The van der Waals surface area contributed by atoms with Crippen molar-refractivity contribution in [1.29, 1.82) is 0 Å². The predicted octanol–water partition coefficient (Wildman–Crippen LogP) is 2.58. The van der Waals surface area contributed by atoms with Gasteiger partial charge in [-0.15, -0.1) is 0 Å². The second kappa shape index (κ2) is 5.58. The molecule has 0 saturated carbocycles. The molecule has 21 heavy (non-hydrogen) atoms. The van der Waals surface area contributed by atoms with Crippen LogP contribution in [0.4, 0.5) is 5.69 Å². The minimum atomic E-state index is -0.777. The molecule has 2 aromatic carbocycles. The van der Waals surface area contributed by atoms with Crippen LogP contribution < -0.4 is 10.6 Å². The Morgan fingerprint density at radius 2 is 1.76 bits per heavy atom. The molecule has 3 rings (SSSR count). The van der Waals surface area contributed by atoms with Gasteiger partial charge in [0, 0.05) is 24.3 Å². The molecule has 4 heteroatoms. The molecule has 1 fully saturated rings. The van der Waals surface area contributed by atoms with Gasteiger partial charge < -0.3 is 15.7 Å². The summed E-state index contributed by atoms with van der Waals surface area (Å²) in [4.78, 5) is 11.1. The molecule has 3 N–H and O–H groups in total. The van der Waals surface area contributed by atoms with Gasteiger partial charge in [-0.05, 0) is 11.6 Å². The van der Waals surface area contributed by atoms with E-state index < -0.39 is 11.5 Å². The van der Waals surface area contributed by atoms with E-state index in [0.717, 1.165) is 16.8 Å². The van der Waals surface area contributed by atoms with Crippen molar-refractivity contribution < 1.29 is 9.90 Å². The van der Waals surface area contributed by atoms with Crippen molar-refractivity contribution in [2.24, 2.45) is 0 Å². The van der Waals surface area contributed by atoms with Crippen LogP contribution in [0.25, 0.3) is 11.1 Å². The third-order valence-corrected chi connectivity index (χ3v) is 3.83. The fourth-order valence-corrected chi connectivity index (χ4v) is 2.72. The number of rotatable bonds is 5. The molecule has 1 heterocycles. The zero-order chi connectivity index (χ0) is 14.7. The summed E-state index contributed by atoms with van der Waals surface area (Å²) in [5.41, 5.74) is 2.80. The summed E-state index contributed by atoms with van der Waals surface area (Å²) >= 11 is 0. The van der Waals surface area contributed by atoms with Gasteiger partial charge in [-0.3, -0.25) is 4.79 Å². The average molecular weight is 282 g/mol.